The van der Waals surface area contributed by atoms with Gasteiger partial charge in [-0.05, 0) is 36.8 Å². The number of nitrogens with zero attached hydrogens (tertiary/aromatic N) is 3. The Morgan fingerprint density at radius 3 is 2.74 bits per heavy atom. The maximum Gasteiger partial charge on any atom is 0.231 e. The average Bonchev–Trinajstić information content (AvgIpc) is 3.37. The second-order valence-electron chi connectivity index (χ2n) is 6.70. The molecule has 3 heterocycles. The zero-order chi connectivity index (χ0) is 18.5. The highest BCUT2D eigenvalue weighted by Gasteiger charge is 2.21. The molecular weight excluding hydrogens is 344 g/mol. The summed E-state index contributed by atoms with van der Waals surface area (Å²) in [4.78, 5) is 9.50. The first-order chi connectivity index (χ1) is 13.3. The summed E-state index contributed by atoms with van der Waals surface area (Å²) in [6.45, 7) is 8.66. The molecule has 0 bridgehead atoms. The summed E-state index contributed by atoms with van der Waals surface area (Å²) in [5.74, 6) is 3.53. The fraction of sp³-hybridized carbons (Fsp3) is 0.450. The fourth-order valence-electron chi connectivity index (χ4n) is 3.40. The molecule has 1 aromatic carbocycles. The highest BCUT2D eigenvalue weighted by molar-refractivity contribution is 5.80. The van der Waals surface area contributed by atoms with Crippen molar-refractivity contribution < 1.29 is 13.9 Å². The third-order valence-electron chi connectivity index (χ3n) is 4.81. The lowest BCUT2D eigenvalue weighted by Crippen LogP contribution is -2.52. The molecule has 1 fully saturated rings. The molecule has 0 unspecified atom stereocenters. The van der Waals surface area contributed by atoms with Crippen molar-refractivity contribution in [2.24, 2.45) is 4.99 Å². The van der Waals surface area contributed by atoms with Crippen LogP contribution in [0.25, 0.3) is 0 Å². The highest BCUT2D eigenvalue weighted by Crippen LogP contribution is 2.32. The minimum absolute atomic E-state index is 0.321. The van der Waals surface area contributed by atoms with E-state index in [1.807, 2.05) is 18.2 Å². The van der Waals surface area contributed by atoms with Crippen LogP contribution in [-0.2, 0) is 13.1 Å². The summed E-state index contributed by atoms with van der Waals surface area (Å²) in [6, 6.07) is 10.1. The predicted molar refractivity (Wildman–Crippen MR) is 103 cm³/mol. The van der Waals surface area contributed by atoms with Gasteiger partial charge in [-0.15, -0.1) is 0 Å². The summed E-state index contributed by atoms with van der Waals surface area (Å²) >= 11 is 0. The molecule has 7 heteroatoms. The van der Waals surface area contributed by atoms with E-state index in [0.29, 0.717) is 13.3 Å². The van der Waals surface area contributed by atoms with Gasteiger partial charge in [-0.2, -0.15) is 0 Å². The average molecular weight is 370 g/mol. The molecular formula is C20H26N4O3. The Morgan fingerprint density at radius 1 is 1.11 bits per heavy atom. The van der Waals surface area contributed by atoms with Crippen molar-refractivity contribution >= 4 is 5.96 Å². The summed E-state index contributed by atoms with van der Waals surface area (Å²) in [6.07, 6.45) is 1.69. The molecule has 7 nitrogen and oxygen atoms in total. The predicted octanol–water partition coefficient (Wildman–Crippen LogP) is 2.29. The van der Waals surface area contributed by atoms with Crippen molar-refractivity contribution in [1.29, 1.82) is 0 Å². The summed E-state index contributed by atoms with van der Waals surface area (Å²) in [5.41, 5.74) is 1.26. The molecule has 2 aliphatic rings. The number of rotatable bonds is 5. The van der Waals surface area contributed by atoms with Crippen LogP contribution < -0.4 is 14.8 Å². The Labute approximate surface area is 159 Å². The molecule has 1 N–H and O–H groups in total. The molecule has 1 saturated heterocycles. The number of nitrogens with one attached hydrogen (secondary N) is 1. The van der Waals surface area contributed by atoms with Crippen molar-refractivity contribution in [3.8, 4) is 11.5 Å². The highest BCUT2D eigenvalue weighted by atomic mass is 16.7. The number of ether oxygens (including phenoxy) is 2. The Hall–Kier alpha value is -2.67. The number of benzene rings is 1. The number of guanidine groups is 1. The van der Waals surface area contributed by atoms with Crippen LogP contribution in [0.5, 0.6) is 11.5 Å². The lowest BCUT2D eigenvalue weighted by molar-refractivity contribution is 0.171. The van der Waals surface area contributed by atoms with Crippen molar-refractivity contribution in [2.75, 3.05) is 39.5 Å². The van der Waals surface area contributed by atoms with E-state index >= 15 is 0 Å². The summed E-state index contributed by atoms with van der Waals surface area (Å²) in [5, 5.41) is 3.39. The molecule has 1 aromatic heterocycles. The van der Waals surface area contributed by atoms with Crippen molar-refractivity contribution in [3.63, 3.8) is 0 Å². The normalized spacial score (nSPS) is 17.4. The number of furan rings is 1. The van der Waals surface area contributed by atoms with E-state index in [1.165, 1.54) is 5.56 Å². The molecule has 0 saturated carbocycles. The Bertz CT molecular complexity index is 768. The Morgan fingerprint density at radius 2 is 1.96 bits per heavy atom. The van der Waals surface area contributed by atoms with E-state index in [2.05, 4.69) is 34.2 Å². The fourth-order valence-corrected chi connectivity index (χ4v) is 3.40. The van der Waals surface area contributed by atoms with Crippen molar-refractivity contribution in [1.82, 2.24) is 15.1 Å². The minimum atomic E-state index is 0.321. The topological polar surface area (TPSA) is 62.5 Å². The van der Waals surface area contributed by atoms with E-state index < -0.39 is 0 Å². The van der Waals surface area contributed by atoms with Gasteiger partial charge in [0.2, 0.25) is 6.79 Å². The van der Waals surface area contributed by atoms with Gasteiger partial charge in [0.15, 0.2) is 17.5 Å². The van der Waals surface area contributed by atoms with Gasteiger partial charge in [-0.3, -0.25) is 4.90 Å². The van der Waals surface area contributed by atoms with Gasteiger partial charge in [0, 0.05) is 39.3 Å². The van der Waals surface area contributed by atoms with Crippen molar-refractivity contribution in [3.05, 3.63) is 47.9 Å². The number of piperazine rings is 1. The Balaban J connectivity index is 1.32. The molecule has 2 aliphatic heterocycles. The molecule has 2 aromatic rings. The van der Waals surface area contributed by atoms with Crippen LogP contribution in [0, 0.1) is 0 Å². The number of fused-ring (bicyclic) bond motifs is 1. The van der Waals surface area contributed by atoms with Gasteiger partial charge in [0.25, 0.3) is 0 Å². The van der Waals surface area contributed by atoms with E-state index in [1.54, 1.807) is 6.26 Å². The molecule has 4 rings (SSSR count). The van der Waals surface area contributed by atoms with Gasteiger partial charge in [-0.1, -0.05) is 6.07 Å². The molecule has 0 radical (unpaired) electrons. The maximum absolute atomic E-state index is 5.48. The van der Waals surface area contributed by atoms with Gasteiger partial charge >= 0.3 is 0 Å². The molecule has 0 amide bonds. The van der Waals surface area contributed by atoms with Gasteiger partial charge in [0.1, 0.15) is 12.3 Å². The van der Waals surface area contributed by atoms with Gasteiger partial charge in [0.05, 0.1) is 6.26 Å². The molecule has 27 heavy (non-hydrogen) atoms. The standard InChI is InChI=1S/C20H26N4O3/c1-2-21-20(22-13-17-4-3-11-25-17)24-9-7-23(8-10-24)14-16-5-6-18-19(12-16)27-15-26-18/h3-6,11-12H,2,7-10,13-15H2,1H3,(H,21,22). The lowest BCUT2D eigenvalue weighted by Gasteiger charge is -2.36. The largest absolute Gasteiger partial charge is 0.467 e. The van der Waals surface area contributed by atoms with Crippen LogP contribution in [0.4, 0.5) is 0 Å². The zero-order valence-electron chi connectivity index (χ0n) is 15.7. The first-order valence-corrected chi connectivity index (χ1v) is 9.48. The molecule has 0 atom stereocenters. The number of hydrogen-bond acceptors (Lipinski definition) is 5. The zero-order valence-corrected chi connectivity index (χ0v) is 15.7. The second-order valence-corrected chi connectivity index (χ2v) is 6.70. The van der Waals surface area contributed by atoms with Crippen LogP contribution >= 0.6 is 0 Å². The second kappa shape index (κ2) is 8.35. The SMILES string of the molecule is CCNC(=NCc1ccco1)N1CCN(Cc2ccc3c(c2)OCO3)CC1. The maximum atomic E-state index is 5.48. The monoisotopic (exact) mass is 370 g/mol. The number of aliphatic imine (C=N–C) groups is 1. The van der Waals surface area contributed by atoms with Crippen LogP contribution in [0.3, 0.4) is 0 Å². The molecule has 0 spiro atoms. The molecule has 144 valence electrons. The van der Waals surface area contributed by atoms with E-state index in [4.69, 9.17) is 18.9 Å². The first-order valence-electron chi connectivity index (χ1n) is 9.48. The van der Waals surface area contributed by atoms with E-state index in [-0.39, 0.29) is 0 Å². The number of hydrogen-bond donors (Lipinski definition) is 1. The lowest BCUT2D eigenvalue weighted by atomic mass is 10.1. The smallest absolute Gasteiger partial charge is 0.231 e. The first kappa shape index (κ1) is 17.7. The van der Waals surface area contributed by atoms with E-state index in [0.717, 1.165) is 62.5 Å². The quantitative estimate of drug-likeness (QED) is 0.644. The van der Waals surface area contributed by atoms with Crippen molar-refractivity contribution in [2.45, 2.75) is 20.0 Å². The summed E-state index contributed by atoms with van der Waals surface area (Å²) < 4.78 is 16.3. The van der Waals surface area contributed by atoms with E-state index in [9.17, 15) is 0 Å². The minimum Gasteiger partial charge on any atom is -0.467 e. The van der Waals surface area contributed by atoms with Gasteiger partial charge < -0.3 is 24.1 Å². The third-order valence-corrected chi connectivity index (χ3v) is 4.81. The van der Waals surface area contributed by atoms with Crippen LogP contribution in [0.1, 0.15) is 18.2 Å². The van der Waals surface area contributed by atoms with Gasteiger partial charge in [-0.25, -0.2) is 4.99 Å². The third kappa shape index (κ3) is 4.36. The van der Waals surface area contributed by atoms with Crippen LogP contribution in [0.2, 0.25) is 0 Å². The Kier molecular flexibility index (Phi) is 5.48. The van der Waals surface area contributed by atoms with Crippen LogP contribution in [0.15, 0.2) is 46.0 Å². The summed E-state index contributed by atoms with van der Waals surface area (Å²) in [7, 11) is 0. The molecule has 0 aliphatic carbocycles. The van der Waals surface area contributed by atoms with Crippen LogP contribution in [-0.4, -0.2) is 55.3 Å².